The van der Waals surface area contributed by atoms with Crippen molar-refractivity contribution in [2.45, 2.75) is 26.3 Å². The van der Waals surface area contributed by atoms with Gasteiger partial charge in [0, 0.05) is 15.8 Å². The fraction of sp³-hybridized carbons (Fsp3) is 0.375. The summed E-state index contributed by atoms with van der Waals surface area (Å²) in [4.78, 5) is 0.905. The third kappa shape index (κ3) is 3.60. The van der Waals surface area contributed by atoms with Crippen molar-refractivity contribution in [1.29, 1.82) is 0 Å². The topological polar surface area (TPSA) is 21.3 Å². The molecule has 5 heteroatoms. The second kappa shape index (κ2) is 7.00. The van der Waals surface area contributed by atoms with Crippen molar-refractivity contribution < 1.29 is 13.5 Å². The first-order valence-corrected chi connectivity index (χ1v) is 7.76. The van der Waals surface area contributed by atoms with Gasteiger partial charge in [-0.3, -0.25) is 0 Å². The predicted molar refractivity (Wildman–Crippen MR) is 82.1 cm³/mol. The molecular weight excluding hydrogens is 292 g/mol. The number of methoxy groups -OCH3 is 1. The van der Waals surface area contributed by atoms with Gasteiger partial charge in [0.15, 0.2) is 0 Å². The van der Waals surface area contributed by atoms with Gasteiger partial charge in [0.05, 0.1) is 13.2 Å². The Morgan fingerprint density at radius 3 is 2.62 bits per heavy atom. The molecule has 0 bridgehead atoms. The largest absolute Gasteiger partial charge is 0.496 e. The summed E-state index contributed by atoms with van der Waals surface area (Å²) in [6.45, 7) is 4.32. The first kappa shape index (κ1) is 15.9. The molecule has 2 nitrogen and oxygen atoms in total. The van der Waals surface area contributed by atoms with Gasteiger partial charge < -0.3 is 10.1 Å². The van der Waals surface area contributed by atoms with Crippen molar-refractivity contribution >= 4 is 11.3 Å². The summed E-state index contributed by atoms with van der Waals surface area (Å²) >= 11 is 1.47. The highest BCUT2D eigenvalue weighted by molar-refractivity contribution is 7.10. The number of rotatable bonds is 6. The van der Waals surface area contributed by atoms with E-state index < -0.39 is 11.6 Å². The summed E-state index contributed by atoms with van der Waals surface area (Å²) in [5, 5.41) is 5.13. The molecule has 0 fully saturated rings. The summed E-state index contributed by atoms with van der Waals surface area (Å²) < 4.78 is 33.2. The highest BCUT2D eigenvalue weighted by Gasteiger charge is 2.21. The molecule has 114 valence electrons. The number of benzene rings is 1. The molecule has 0 amide bonds. The van der Waals surface area contributed by atoms with Crippen LogP contribution in [0.2, 0.25) is 0 Å². The van der Waals surface area contributed by atoms with Crippen LogP contribution in [0, 0.1) is 18.6 Å². The number of thiophene rings is 1. The lowest BCUT2D eigenvalue weighted by molar-refractivity contribution is 0.416. The Kier molecular flexibility index (Phi) is 5.31. The molecule has 1 heterocycles. The van der Waals surface area contributed by atoms with Gasteiger partial charge in [0.2, 0.25) is 0 Å². The molecule has 0 aliphatic heterocycles. The Labute approximate surface area is 127 Å². The molecule has 0 saturated heterocycles. The molecule has 0 aliphatic carbocycles. The van der Waals surface area contributed by atoms with Crippen molar-refractivity contribution in [1.82, 2.24) is 5.32 Å². The molecule has 0 spiro atoms. The van der Waals surface area contributed by atoms with Crippen molar-refractivity contribution in [2.24, 2.45) is 0 Å². The smallest absolute Gasteiger partial charge is 0.129 e. The molecule has 1 atom stereocenters. The van der Waals surface area contributed by atoms with Gasteiger partial charge in [-0.25, -0.2) is 8.78 Å². The van der Waals surface area contributed by atoms with Crippen LogP contribution in [0.3, 0.4) is 0 Å². The minimum absolute atomic E-state index is 0.314. The van der Waals surface area contributed by atoms with Gasteiger partial charge in [-0.15, -0.1) is 11.3 Å². The molecule has 1 aromatic heterocycles. The average molecular weight is 311 g/mol. The van der Waals surface area contributed by atoms with Crippen LogP contribution in [0.4, 0.5) is 8.78 Å². The zero-order chi connectivity index (χ0) is 15.4. The fourth-order valence-corrected chi connectivity index (χ4v) is 3.08. The van der Waals surface area contributed by atoms with E-state index in [1.54, 1.807) is 14.0 Å². The van der Waals surface area contributed by atoms with Gasteiger partial charge in [0.25, 0.3) is 0 Å². The Bertz CT molecular complexity index is 612. The van der Waals surface area contributed by atoms with Crippen LogP contribution >= 0.6 is 11.3 Å². The van der Waals surface area contributed by atoms with E-state index in [2.05, 4.69) is 5.32 Å². The molecule has 1 N–H and O–H groups in total. The zero-order valence-corrected chi connectivity index (χ0v) is 13.2. The van der Waals surface area contributed by atoms with Gasteiger partial charge in [-0.2, -0.15) is 0 Å². The monoisotopic (exact) mass is 311 g/mol. The number of halogens is 2. The average Bonchev–Trinajstić information content (AvgIpc) is 2.93. The second-order valence-electron chi connectivity index (χ2n) is 4.90. The minimum atomic E-state index is -0.394. The van der Waals surface area contributed by atoms with Gasteiger partial charge >= 0.3 is 0 Å². The van der Waals surface area contributed by atoms with E-state index in [1.165, 1.54) is 23.5 Å². The highest BCUT2D eigenvalue weighted by atomic mass is 32.1. The summed E-state index contributed by atoms with van der Waals surface area (Å²) in [6, 6.07) is 4.02. The quantitative estimate of drug-likeness (QED) is 0.852. The molecule has 0 aliphatic rings. The first-order valence-electron chi connectivity index (χ1n) is 6.88. The summed E-state index contributed by atoms with van der Waals surface area (Å²) in [7, 11) is 1.59. The van der Waals surface area contributed by atoms with Gasteiger partial charge in [-0.1, -0.05) is 6.92 Å². The maximum atomic E-state index is 14.2. The molecule has 2 rings (SSSR count). The molecule has 0 radical (unpaired) electrons. The van der Waals surface area contributed by atoms with Crippen LogP contribution in [-0.2, 0) is 0 Å². The van der Waals surface area contributed by atoms with E-state index in [0.717, 1.165) is 23.6 Å². The summed E-state index contributed by atoms with van der Waals surface area (Å²) in [5.41, 5.74) is 0.644. The van der Waals surface area contributed by atoms with Gasteiger partial charge in [-0.05, 0) is 43.7 Å². The number of aryl methyl sites for hydroxylation is 1. The predicted octanol–water partition coefficient (Wildman–Crippen LogP) is 4.43. The van der Waals surface area contributed by atoms with Crippen LogP contribution in [0.1, 0.15) is 35.4 Å². The molecular formula is C16H19F2NOS. The van der Waals surface area contributed by atoms with Crippen molar-refractivity contribution in [2.75, 3.05) is 13.7 Å². The third-order valence-corrected chi connectivity index (χ3v) is 4.28. The minimum Gasteiger partial charge on any atom is -0.496 e. The van der Waals surface area contributed by atoms with E-state index in [-0.39, 0.29) is 6.04 Å². The summed E-state index contributed by atoms with van der Waals surface area (Å²) in [5.74, 6) is -0.0561. The molecule has 2 aromatic rings. The zero-order valence-electron chi connectivity index (χ0n) is 12.4. The van der Waals surface area contributed by atoms with E-state index in [4.69, 9.17) is 4.74 Å². The Hall–Kier alpha value is -1.46. The van der Waals surface area contributed by atoms with Crippen LogP contribution in [0.5, 0.6) is 5.75 Å². The van der Waals surface area contributed by atoms with E-state index in [9.17, 15) is 8.78 Å². The van der Waals surface area contributed by atoms with Crippen LogP contribution in [-0.4, -0.2) is 13.7 Å². The normalized spacial score (nSPS) is 12.4. The van der Waals surface area contributed by atoms with Crippen molar-refractivity contribution in [3.8, 4) is 5.75 Å². The molecule has 0 saturated carbocycles. The lowest BCUT2D eigenvalue weighted by Crippen LogP contribution is -2.23. The van der Waals surface area contributed by atoms with E-state index in [1.807, 2.05) is 18.4 Å². The standard InChI is InChI=1S/C16H19F2NOS/c1-4-5-19-16(15-7-11(20-3)9-21-15)12-8-13(17)10(2)6-14(12)18/h6-9,16,19H,4-5H2,1-3H3. The first-order chi connectivity index (χ1) is 10.1. The highest BCUT2D eigenvalue weighted by Crippen LogP contribution is 2.33. The molecule has 1 unspecified atom stereocenters. The van der Waals surface area contributed by atoms with E-state index in [0.29, 0.717) is 11.1 Å². The summed E-state index contributed by atoms with van der Waals surface area (Å²) in [6.07, 6.45) is 0.912. The third-order valence-electron chi connectivity index (χ3n) is 3.30. The molecule has 1 aromatic carbocycles. The lowest BCUT2D eigenvalue weighted by atomic mass is 10.0. The SMILES string of the molecule is CCCNC(c1cc(OC)cs1)c1cc(F)c(C)cc1F. The number of ether oxygens (including phenoxy) is 1. The number of nitrogens with one attached hydrogen (secondary N) is 1. The van der Waals surface area contributed by atoms with Crippen molar-refractivity contribution in [3.05, 3.63) is 51.2 Å². The Morgan fingerprint density at radius 2 is 2.00 bits per heavy atom. The van der Waals surface area contributed by atoms with Crippen LogP contribution in [0.25, 0.3) is 0 Å². The Balaban J connectivity index is 2.42. The van der Waals surface area contributed by atoms with Crippen LogP contribution in [0.15, 0.2) is 23.6 Å². The number of hydrogen-bond donors (Lipinski definition) is 1. The lowest BCUT2D eigenvalue weighted by Gasteiger charge is -2.19. The number of hydrogen-bond acceptors (Lipinski definition) is 3. The van der Waals surface area contributed by atoms with Gasteiger partial charge in [0.1, 0.15) is 17.4 Å². The fourth-order valence-electron chi connectivity index (χ4n) is 2.13. The van der Waals surface area contributed by atoms with E-state index >= 15 is 0 Å². The Morgan fingerprint density at radius 1 is 1.24 bits per heavy atom. The van der Waals surface area contributed by atoms with Crippen LogP contribution < -0.4 is 10.1 Å². The van der Waals surface area contributed by atoms with Crippen molar-refractivity contribution in [3.63, 3.8) is 0 Å². The second-order valence-corrected chi connectivity index (χ2v) is 5.84. The maximum Gasteiger partial charge on any atom is 0.129 e. The maximum absolute atomic E-state index is 14.2. The molecule has 21 heavy (non-hydrogen) atoms.